The number of nitrogens with one attached hydrogen (secondary N) is 1. The van der Waals surface area contributed by atoms with Gasteiger partial charge < -0.3 is 15.0 Å². The molecule has 1 aliphatic heterocycles. The molecule has 1 fully saturated rings. The van der Waals surface area contributed by atoms with Gasteiger partial charge in [-0.25, -0.2) is 0 Å². The van der Waals surface area contributed by atoms with Crippen molar-refractivity contribution in [3.05, 3.63) is 34.3 Å². The molecular formula is C14H21BrN2O. The van der Waals surface area contributed by atoms with E-state index in [4.69, 9.17) is 4.74 Å². The van der Waals surface area contributed by atoms with Crippen LogP contribution in [-0.4, -0.2) is 44.3 Å². The molecule has 3 nitrogen and oxygen atoms in total. The molecule has 0 bridgehead atoms. The van der Waals surface area contributed by atoms with Crippen LogP contribution in [0.1, 0.15) is 18.5 Å². The minimum absolute atomic E-state index is 0.304. The Kier molecular flexibility index (Phi) is 5.18. The van der Waals surface area contributed by atoms with Gasteiger partial charge in [0.2, 0.25) is 0 Å². The molecule has 2 rings (SSSR count). The van der Waals surface area contributed by atoms with Crippen LogP contribution in [0.15, 0.2) is 28.7 Å². The molecule has 1 aromatic carbocycles. The molecule has 1 saturated heterocycles. The Balaban J connectivity index is 1.82. The predicted octanol–water partition coefficient (Wildman–Crippen LogP) is 2.43. The van der Waals surface area contributed by atoms with E-state index in [1.807, 2.05) is 0 Å². The molecule has 1 unspecified atom stereocenters. The number of halogens is 1. The van der Waals surface area contributed by atoms with E-state index in [0.717, 1.165) is 30.7 Å². The lowest BCUT2D eigenvalue weighted by atomic mass is 10.1. The number of likely N-dealkylation sites (N-methyl/N-ethyl adjacent to an activating group) is 1. The van der Waals surface area contributed by atoms with E-state index in [1.165, 1.54) is 5.56 Å². The largest absolute Gasteiger partial charge is 0.374 e. The summed E-state index contributed by atoms with van der Waals surface area (Å²) in [6, 6.07) is 8.78. The van der Waals surface area contributed by atoms with Crippen LogP contribution in [0.2, 0.25) is 0 Å². The van der Waals surface area contributed by atoms with Crippen LogP contribution in [-0.2, 0) is 4.74 Å². The Hall–Kier alpha value is -0.420. The van der Waals surface area contributed by atoms with Gasteiger partial charge in [0.15, 0.2) is 0 Å². The second-order valence-electron chi connectivity index (χ2n) is 4.94. The van der Waals surface area contributed by atoms with Gasteiger partial charge in [0, 0.05) is 30.1 Å². The monoisotopic (exact) mass is 312 g/mol. The fourth-order valence-electron chi connectivity index (χ4n) is 2.19. The molecule has 0 aromatic heterocycles. The zero-order valence-electron chi connectivity index (χ0n) is 11.0. The molecule has 1 aromatic rings. The van der Waals surface area contributed by atoms with Crippen molar-refractivity contribution in [3.8, 4) is 0 Å². The van der Waals surface area contributed by atoms with E-state index in [0.29, 0.717) is 12.1 Å². The van der Waals surface area contributed by atoms with Crippen LogP contribution >= 0.6 is 15.9 Å². The Bertz CT molecular complexity index is 386. The Morgan fingerprint density at radius 3 is 3.11 bits per heavy atom. The average Bonchev–Trinajstić information content (AvgIpc) is 2.36. The van der Waals surface area contributed by atoms with Crippen molar-refractivity contribution >= 4 is 15.9 Å². The summed E-state index contributed by atoms with van der Waals surface area (Å²) in [4.78, 5) is 2.32. The minimum atomic E-state index is 0.304. The maximum Gasteiger partial charge on any atom is 0.0826 e. The van der Waals surface area contributed by atoms with E-state index < -0.39 is 0 Å². The first-order valence-corrected chi connectivity index (χ1v) is 7.23. The minimum Gasteiger partial charge on any atom is -0.374 e. The van der Waals surface area contributed by atoms with Crippen LogP contribution in [0.25, 0.3) is 0 Å². The van der Waals surface area contributed by atoms with Crippen molar-refractivity contribution in [3.63, 3.8) is 0 Å². The molecular weight excluding hydrogens is 292 g/mol. The lowest BCUT2D eigenvalue weighted by Gasteiger charge is -2.31. The van der Waals surface area contributed by atoms with Crippen LogP contribution in [0.5, 0.6) is 0 Å². The molecule has 18 heavy (non-hydrogen) atoms. The van der Waals surface area contributed by atoms with Gasteiger partial charge in [0.05, 0.1) is 12.7 Å². The summed E-state index contributed by atoms with van der Waals surface area (Å²) in [5.41, 5.74) is 1.30. The van der Waals surface area contributed by atoms with Crippen LogP contribution in [0, 0.1) is 0 Å². The van der Waals surface area contributed by atoms with Gasteiger partial charge in [0.1, 0.15) is 0 Å². The van der Waals surface area contributed by atoms with Crippen molar-refractivity contribution in [2.45, 2.75) is 19.1 Å². The van der Waals surface area contributed by atoms with Gasteiger partial charge in [-0.1, -0.05) is 28.1 Å². The number of hydrogen-bond donors (Lipinski definition) is 1. The van der Waals surface area contributed by atoms with E-state index >= 15 is 0 Å². The summed E-state index contributed by atoms with van der Waals surface area (Å²) < 4.78 is 6.87. The average molecular weight is 313 g/mol. The summed E-state index contributed by atoms with van der Waals surface area (Å²) in [5, 5.41) is 3.54. The van der Waals surface area contributed by atoms with Crippen molar-refractivity contribution in [1.29, 1.82) is 0 Å². The number of rotatable bonds is 4. The Morgan fingerprint density at radius 2 is 2.39 bits per heavy atom. The smallest absolute Gasteiger partial charge is 0.0826 e. The Labute approximate surface area is 118 Å². The van der Waals surface area contributed by atoms with Crippen molar-refractivity contribution in [2.24, 2.45) is 0 Å². The molecule has 1 aliphatic rings. The van der Waals surface area contributed by atoms with Crippen molar-refractivity contribution < 1.29 is 4.74 Å². The highest BCUT2D eigenvalue weighted by molar-refractivity contribution is 9.10. The van der Waals surface area contributed by atoms with E-state index in [-0.39, 0.29) is 0 Å². The first-order valence-electron chi connectivity index (χ1n) is 6.44. The standard InChI is InChI=1S/C14H21BrN2O/c1-11(12-4-3-5-13(15)8-12)16-9-14-10-17(2)6-7-18-14/h3-5,8,11,14,16H,6-7,9-10H2,1-2H3/t11-,14?/m1/s1. The third-order valence-electron chi connectivity index (χ3n) is 3.34. The van der Waals surface area contributed by atoms with E-state index in [2.05, 4.69) is 64.4 Å². The maximum atomic E-state index is 5.74. The molecule has 2 atom stereocenters. The molecule has 1 heterocycles. The van der Waals surface area contributed by atoms with Crippen molar-refractivity contribution in [1.82, 2.24) is 10.2 Å². The normalized spacial score (nSPS) is 22.9. The number of nitrogens with zero attached hydrogens (tertiary/aromatic N) is 1. The quantitative estimate of drug-likeness (QED) is 0.924. The third kappa shape index (κ3) is 4.05. The summed E-state index contributed by atoms with van der Waals surface area (Å²) in [6.07, 6.45) is 0.304. The molecule has 0 saturated carbocycles. The highest BCUT2D eigenvalue weighted by Crippen LogP contribution is 2.18. The first-order chi connectivity index (χ1) is 8.65. The second kappa shape index (κ2) is 6.66. The summed E-state index contributed by atoms with van der Waals surface area (Å²) in [7, 11) is 2.15. The van der Waals surface area contributed by atoms with Gasteiger partial charge in [-0.3, -0.25) is 0 Å². The predicted molar refractivity (Wildman–Crippen MR) is 77.8 cm³/mol. The molecule has 100 valence electrons. The summed E-state index contributed by atoms with van der Waals surface area (Å²) in [5.74, 6) is 0. The maximum absolute atomic E-state index is 5.74. The molecule has 0 spiro atoms. The Morgan fingerprint density at radius 1 is 1.56 bits per heavy atom. The topological polar surface area (TPSA) is 24.5 Å². The summed E-state index contributed by atoms with van der Waals surface area (Å²) >= 11 is 3.51. The van der Waals surface area contributed by atoms with Gasteiger partial charge >= 0.3 is 0 Å². The molecule has 4 heteroatoms. The molecule has 0 aliphatic carbocycles. The van der Waals surface area contributed by atoms with Crippen LogP contribution in [0.4, 0.5) is 0 Å². The van der Waals surface area contributed by atoms with Crippen LogP contribution < -0.4 is 5.32 Å². The lowest BCUT2D eigenvalue weighted by molar-refractivity contribution is -0.0190. The first kappa shape index (κ1) is 14.0. The zero-order valence-corrected chi connectivity index (χ0v) is 12.6. The fourth-order valence-corrected chi connectivity index (χ4v) is 2.61. The molecule has 0 amide bonds. The highest BCUT2D eigenvalue weighted by Gasteiger charge is 2.18. The van der Waals surface area contributed by atoms with Gasteiger partial charge in [-0.05, 0) is 31.7 Å². The number of benzene rings is 1. The van der Waals surface area contributed by atoms with Crippen molar-refractivity contribution in [2.75, 3.05) is 33.3 Å². The van der Waals surface area contributed by atoms with E-state index in [9.17, 15) is 0 Å². The molecule has 0 radical (unpaired) electrons. The summed E-state index contributed by atoms with van der Waals surface area (Å²) in [6.45, 7) is 5.98. The number of hydrogen-bond acceptors (Lipinski definition) is 3. The second-order valence-corrected chi connectivity index (χ2v) is 5.86. The van der Waals surface area contributed by atoms with E-state index in [1.54, 1.807) is 0 Å². The number of ether oxygens (including phenoxy) is 1. The zero-order chi connectivity index (χ0) is 13.0. The lowest BCUT2D eigenvalue weighted by Crippen LogP contribution is -2.45. The SMILES string of the molecule is C[C@@H](NCC1CN(C)CCO1)c1cccc(Br)c1. The fraction of sp³-hybridized carbons (Fsp3) is 0.571. The third-order valence-corrected chi connectivity index (χ3v) is 3.84. The molecule has 1 N–H and O–H groups in total. The van der Waals surface area contributed by atoms with Gasteiger partial charge in [-0.15, -0.1) is 0 Å². The van der Waals surface area contributed by atoms with Crippen LogP contribution in [0.3, 0.4) is 0 Å². The highest BCUT2D eigenvalue weighted by atomic mass is 79.9. The van der Waals surface area contributed by atoms with Gasteiger partial charge in [0.25, 0.3) is 0 Å². The van der Waals surface area contributed by atoms with Gasteiger partial charge in [-0.2, -0.15) is 0 Å². The number of morpholine rings is 1.